The van der Waals surface area contributed by atoms with E-state index in [1.807, 2.05) is 0 Å². The number of aromatic nitrogens is 1. The molecule has 5 heteroatoms. The molecule has 1 heterocycles. The second-order valence-corrected chi connectivity index (χ2v) is 5.61. The van der Waals surface area contributed by atoms with E-state index in [0.717, 1.165) is 18.7 Å². The predicted octanol–water partition coefficient (Wildman–Crippen LogP) is 1.99. The third-order valence-corrected chi connectivity index (χ3v) is 4.37. The molecule has 0 spiro atoms. The van der Waals surface area contributed by atoms with E-state index in [-0.39, 0.29) is 0 Å². The lowest BCUT2D eigenvalue weighted by atomic mass is 9.79. The van der Waals surface area contributed by atoms with Gasteiger partial charge in [0.2, 0.25) is 0 Å². The summed E-state index contributed by atoms with van der Waals surface area (Å²) in [5, 5.41) is 12.9. The molecule has 0 amide bonds. The van der Waals surface area contributed by atoms with Crippen LogP contribution in [0.2, 0.25) is 0 Å². The lowest BCUT2D eigenvalue weighted by Gasteiger charge is -2.30. The maximum atomic E-state index is 9.45. The summed E-state index contributed by atoms with van der Waals surface area (Å²) in [7, 11) is 3.26. The molecule has 0 aliphatic heterocycles. The van der Waals surface area contributed by atoms with Gasteiger partial charge in [0.05, 0.1) is 19.9 Å². The molecule has 118 valence electrons. The van der Waals surface area contributed by atoms with Crippen molar-refractivity contribution >= 4 is 0 Å². The Hall–Kier alpha value is -1.33. The number of pyridine rings is 1. The fourth-order valence-electron chi connectivity index (χ4n) is 3.15. The van der Waals surface area contributed by atoms with Gasteiger partial charge < -0.3 is 19.9 Å². The summed E-state index contributed by atoms with van der Waals surface area (Å²) < 4.78 is 10.7. The van der Waals surface area contributed by atoms with Crippen LogP contribution >= 0.6 is 0 Å². The van der Waals surface area contributed by atoms with Crippen LogP contribution in [-0.4, -0.2) is 37.5 Å². The van der Waals surface area contributed by atoms with Gasteiger partial charge in [-0.3, -0.25) is 4.98 Å². The number of aliphatic hydroxyl groups excluding tert-OH is 1. The van der Waals surface area contributed by atoms with Gasteiger partial charge in [-0.05, 0) is 31.2 Å². The highest BCUT2D eigenvalue weighted by Crippen LogP contribution is 2.30. The van der Waals surface area contributed by atoms with Crippen molar-refractivity contribution in [2.45, 2.75) is 32.2 Å². The number of nitrogens with zero attached hydrogens (tertiary/aromatic N) is 1. The molecule has 2 unspecified atom stereocenters. The molecule has 1 aliphatic rings. The zero-order valence-corrected chi connectivity index (χ0v) is 13.0. The first kappa shape index (κ1) is 16.0. The largest absolute Gasteiger partial charge is 0.493 e. The van der Waals surface area contributed by atoms with Gasteiger partial charge in [0, 0.05) is 25.4 Å². The lowest BCUT2D eigenvalue weighted by molar-refractivity contribution is 0.133. The second kappa shape index (κ2) is 8.20. The van der Waals surface area contributed by atoms with Crippen molar-refractivity contribution in [1.82, 2.24) is 10.3 Å². The topological polar surface area (TPSA) is 63.6 Å². The summed E-state index contributed by atoms with van der Waals surface area (Å²) in [6.45, 7) is 1.86. The Labute approximate surface area is 126 Å². The van der Waals surface area contributed by atoms with Crippen LogP contribution in [0.25, 0.3) is 0 Å². The van der Waals surface area contributed by atoms with Crippen LogP contribution in [0.4, 0.5) is 0 Å². The molecule has 0 saturated heterocycles. The van der Waals surface area contributed by atoms with Crippen molar-refractivity contribution in [1.29, 1.82) is 0 Å². The number of nitrogens with one attached hydrogen (secondary N) is 1. The second-order valence-electron chi connectivity index (χ2n) is 5.61. The number of hydrogen-bond donors (Lipinski definition) is 2. The smallest absolute Gasteiger partial charge is 0.183 e. The van der Waals surface area contributed by atoms with Crippen LogP contribution in [0, 0.1) is 11.8 Å². The molecular formula is C16H26N2O3. The number of ether oxygens (including phenoxy) is 2. The standard InChI is InChI=1S/C16H26N2O3/c1-20-15-7-8-18-14(16(15)21-2)10-17-9-12-5-3-4-6-13(12)11-19/h7-8,12-13,17,19H,3-6,9-11H2,1-2H3. The van der Waals surface area contributed by atoms with Gasteiger partial charge in [0.15, 0.2) is 11.5 Å². The normalized spacial score (nSPS) is 22.0. The Morgan fingerprint density at radius 2 is 2.00 bits per heavy atom. The average molecular weight is 294 g/mol. The van der Waals surface area contributed by atoms with Crippen molar-refractivity contribution in [3.8, 4) is 11.5 Å². The molecule has 2 atom stereocenters. The van der Waals surface area contributed by atoms with Crippen LogP contribution in [-0.2, 0) is 6.54 Å². The first-order valence-electron chi connectivity index (χ1n) is 7.67. The van der Waals surface area contributed by atoms with Crippen LogP contribution < -0.4 is 14.8 Å². The van der Waals surface area contributed by atoms with Crippen LogP contribution in [0.5, 0.6) is 11.5 Å². The number of rotatable bonds is 7. The zero-order valence-electron chi connectivity index (χ0n) is 13.0. The van der Waals surface area contributed by atoms with Crippen molar-refractivity contribution < 1.29 is 14.6 Å². The average Bonchev–Trinajstić information content (AvgIpc) is 2.54. The predicted molar refractivity (Wildman–Crippen MR) is 81.6 cm³/mol. The molecule has 1 aromatic heterocycles. The van der Waals surface area contributed by atoms with E-state index in [1.165, 1.54) is 19.3 Å². The maximum absolute atomic E-state index is 9.45. The molecule has 2 N–H and O–H groups in total. The van der Waals surface area contributed by atoms with E-state index < -0.39 is 0 Å². The van der Waals surface area contributed by atoms with Gasteiger partial charge in [-0.25, -0.2) is 0 Å². The third-order valence-electron chi connectivity index (χ3n) is 4.37. The summed E-state index contributed by atoms with van der Waals surface area (Å²) in [6, 6.07) is 1.80. The first-order valence-corrected chi connectivity index (χ1v) is 7.67. The molecule has 1 aliphatic carbocycles. The van der Waals surface area contributed by atoms with Crippen LogP contribution in [0.1, 0.15) is 31.4 Å². The summed E-state index contributed by atoms with van der Waals surface area (Å²) in [5.74, 6) is 2.39. The molecule has 0 bridgehead atoms. The van der Waals surface area contributed by atoms with Gasteiger partial charge in [-0.1, -0.05) is 12.8 Å². The fourth-order valence-corrected chi connectivity index (χ4v) is 3.15. The Morgan fingerprint density at radius 1 is 1.24 bits per heavy atom. The van der Waals surface area contributed by atoms with Crippen molar-refractivity contribution in [2.75, 3.05) is 27.4 Å². The van der Waals surface area contributed by atoms with E-state index in [4.69, 9.17) is 9.47 Å². The van der Waals surface area contributed by atoms with Gasteiger partial charge in [0.25, 0.3) is 0 Å². The fraction of sp³-hybridized carbons (Fsp3) is 0.688. The molecule has 5 nitrogen and oxygen atoms in total. The molecule has 0 aromatic carbocycles. The third kappa shape index (κ3) is 4.08. The lowest BCUT2D eigenvalue weighted by Crippen LogP contribution is -2.32. The maximum Gasteiger partial charge on any atom is 0.183 e. The van der Waals surface area contributed by atoms with Crippen molar-refractivity contribution in [3.63, 3.8) is 0 Å². The van der Waals surface area contributed by atoms with Gasteiger partial charge in [-0.15, -0.1) is 0 Å². The molecule has 21 heavy (non-hydrogen) atoms. The quantitative estimate of drug-likeness (QED) is 0.805. The van der Waals surface area contributed by atoms with Gasteiger partial charge in [-0.2, -0.15) is 0 Å². The molecule has 2 rings (SSSR count). The van der Waals surface area contributed by atoms with Crippen molar-refractivity contribution in [3.05, 3.63) is 18.0 Å². The molecule has 1 aromatic rings. The minimum absolute atomic E-state index is 0.299. The Balaban J connectivity index is 1.91. The Kier molecular flexibility index (Phi) is 6.26. The highest BCUT2D eigenvalue weighted by molar-refractivity contribution is 5.42. The SMILES string of the molecule is COc1ccnc(CNCC2CCCCC2CO)c1OC. The van der Waals surface area contributed by atoms with Gasteiger partial charge in [0.1, 0.15) is 0 Å². The summed E-state index contributed by atoms with van der Waals surface area (Å²) >= 11 is 0. The summed E-state index contributed by atoms with van der Waals surface area (Å²) in [6.07, 6.45) is 6.58. The molecular weight excluding hydrogens is 268 g/mol. The molecule has 1 saturated carbocycles. The molecule has 1 fully saturated rings. The first-order chi connectivity index (χ1) is 10.3. The van der Waals surface area contributed by atoms with Crippen LogP contribution in [0.15, 0.2) is 12.3 Å². The Morgan fingerprint density at radius 3 is 2.67 bits per heavy atom. The minimum Gasteiger partial charge on any atom is -0.493 e. The van der Waals surface area contributed by atoms with Gasteiger partial charge >= 0.3 is 0 Å². The van der Waals surface area contributed by atoms with E-state index >= 15 is 0 Å². The number of aliphatic hydroxyl groups is 1. The van der Waals surface area contributed by atoms with E-state index in [2.05, 4.69) is 10.3 Å². The van der Waals surface area contributed by atoms with E-state index in [1.54, 1.807) is 26.5 Å². The number of hydrogen-bond acceptors (Lipinski definition) is 5. The summed E-state index contributed by atoms with van der Waals surface area (Å²) in [4.78, 5) is 4.36. The monoisotopic (exact) mass is 294 g/mol. The summed E-state index contributed by atoms with van der Waals surface area (Å²) in [5.41, 5.74) is 0.855. The van der Waals surface area contributed by atoms with Crippen LogP contribution in [0.3, 0.4) is 0 Å². The van der Waals surface area contributed by atoms with Crippen molar-refractivity contribution in [2.24, 2.45) is 11.8 Å². The number of methoxy groups -OCH3 is 2. The highest BCUT2D eigenvalue weighted by atomic mass is 16.5. The molecule has 0 radical (unpaired) electrons. The van der Waals surface area contributed by atoms with E-state index in [0.29, 0.717) is 36.5 Å². The Bertz CT molecular complexity index is 440. The van der Waals surface area contributed by atoms with E-state index in [9.17, 15) is 5.11 Å². The minimum atomic E-state index is 0.299. The zero-order chi connectivity index (χ0) is 15.1. The highest BCUT2D eigenvalue weighted by Gasteiger charge is 2.24.